The van der Waals surface area contributed by atoms with Crippen LogP contribution in [-0.2, 0) is 16.6 Å². The number of aromatic nitrogens is 4. The number of hydrogen-bond donors (Lipinski definition) is 1. The first-order valence-corrected chi connectivity index (χ1v) is 12.3. The third-order valence-corrected chi connectivity index (χ3v) is 6.67. The van der Waals surface area contributed by atoms with E-state index in [4.69, 9.17) is 14.7 Å². The quantitative estimate of drug-likeness (QED) is 0.540. The van der Waals surface area contributed by atoms with Crippen molar-refractivity contribution in [2.75, 3.05) is 43.0 Å². The number of piperidine rings is 1. The third-order valence-electron chi connectivity index (χ3n) is 6.67. The summed E-state index contributed by atoms with van der Waals surface area (Å²) in [5, 5.41) is 8.57. The Bertz CT molecular complexity index is 1240. The zero-order chi connectivity index (χ0) is 24.4. The molecule has 1 aromatic carbocycles. The van der Waals surface area contributed by atoms with Gasteiger partial charge >= 0.3 is 5.97 Å². The van der Waals surface area contributed by atoms with Gasteiger partial charge in [0.15, 0.2) is 5.65 Å². The van der Waals surface area contributed by atoms with E-state index in [1.54, 1.807) is 28.8 Å². The van der Waals surface area contributed by atoms with Gasteiger partial charge in [0.1, 0.15) is 5.82 Å². The summed E-state index contributed by atoms with van der Waals surface area (Å²) in [5.74, 6) is 0.771. The molecule has 35 heavy (non-hydrogen) atoms. The maximum atomic E-state index is 13.3. The predicted octanol–water partition coefficient (Wildman–Crippen LogP) is 3.12. The number of amides is 1. The van der Waals surface area contributed by atoms with Crippen LogP contribution in [0.1, 0.15) is 43.0 Å². The Balaban J connectivity index is 1.38. The highest BCUT2D eigenvalue weighted by atomic mass is 16.5. The lowest BCUT2D eigenvalue weighted by Crippen LogP contribution is -2.42. The van der Waals surface area contributed by atoms with Crippen molar-refractivity contribution in [3.05, 3.63) is 36.0 Å². The molecule has 2 aliphatic heterocycles. The molecule has 2 saturated heterocycles. The first-order chi connectivity index (χ1) is 17.0. The number of anilines is 3. The minimum atomic E-state index is -0.266. The van der Waals surface area contributed by atoms with Crippen LogP contribution in [0.4, 0.5) is 17.5 Å². The summed E-state index contributed by atoms with van der Waals surface area (Å²) in [5.41, 5.74) is 2.08. The molecule has 0 radical (unpaired) electrons. The Labute approximate surface area is 204 Å². The average Bonchev–Trinajstić information content (AvgIpc) is 3.55. The molecule has 0 saturated carbocycles. The van der Waals surface area contributed by atoms with Gasteiger partial charge in [0.2, 0.25) is 5.95 Å². The van der Waals surface area contributed by atoms with Crippen molar-refractivity contribution < 1.29 is 14.3 Å². The van der Waals surface area contributed by atoms with Crippen molar-refractivity contribution in [2.24, 2.45) is 13.0 Å². The second-order valence-corrected chi connectivity index (χ2v) is 9.12. The van der Waals surface area contributed by atoms with Crippen molar-refractivity contribution >= 4 is 40.4 Å². The van der Waals surface area contributed by atoms with E-state index < -0.39 is 0 Å². The minimum absolute atomic E-state index is 0.0883. The summed E-state index contributed by atoms with van der Waals surface area (Å²) in [6.45, 7) is 5.05. The molecule has 0 spiro atoms. The van der Waals surface area contributed by atoms with Crippen LogP contribution in [0.2, 0.25) is 0 Å². The van der Waals surface area contributed by atoms with Gasteiger partial charge in [-0.2, -0.15) is 15.1 Å². The first kappa shape index (κ1) is 23.1. The van der Waals surface area contributed by atoms with Crippen LogP contribution in [0.5, 0.6) is 0 Å². The summed E-state index contributed by atoms with van der Waals surface area (Å²) in [7, 11) is 1.87. The second kappa shape index (κ2) is 9.89. The number of nitrogens with zero attached hydrogens (tertiary/aromatic N) is 6. The summed E-state index contributed by atoms with van der Waals surface area (Å²) < 4.78 is 6.92. The smallest absolute Gasteiger partial charge is 0.310 e. The third kappa shape index (κ3) is 4.78. The van der Waals surface area contributed by atoms with Gasteiger partial charge in [-0.3, -0.25) is 14.3 Å². The number of esters is 1. The van der Waals surface area contributed by atoms with Crippen molar-refractivity contribution in [3.8, 4) is 0 Å². The molecule has 1 unspecified atom stereocenters. The number of aryl methyl sites for hydroxylation is 1. The molecular weight excluding hydrogens is 446 g/mol. The standard InChI is InChI=1S/C25H31N7O3/c1-3-35-24(34)18-9-7-13-32(16-18)23(33)17-8-6-10-19(14-17)27-21-20-15-26-30(2)22(20)29-25(28-21)31-11-4-5-12-31/h6,8,10,14-15,18H,3-5,7,9,11-13,16H2,1-2H3,(H,27,28,29). The van der Waals surface area contributed by atoms with E-state index in [9.17, 15) is 9.59 Å². The number of fused-ring (bicyclic) bond motifs is 1. The number of carbonyl (C=O) groups excluding carboxylic acids is 2. The highest BCUT2D eigenvalue weighted by Gasteiger charge is 2.30. The predicted molar refractivity (Wildman–Crippen MR) is 133 cm³/mol. The topological polar surface area (TPSA) is 105 Å². The fraction of sp³-hybridized carbons (Fsp3) is 0.480. The lowest BCUT2D eigenvalue weighted by molar-refractivity contribution is -0.149. The van der Waals surface area contributed by atoms with Gasteiger partial charge < -0.3 is 19.9 Å². The SMILES string of the molecule is CCOC(=O)C1CCCN(C(=O)c2cccc(Nc3nc(N4CCCC4)nc4c3cnn4C)c2)C1. The second-order valence-electron chi connectivity index (χ2n) is 9.12. The van der Waals surface area contributed by atoms with Crippen LogP contribution in [0, 0.1) is 5.92 Å². The number of likely N-dealkylation sites (tertiary alicyclic amines) is 1. The molecule has 4 heterocycles. The fourth-order valence-electron chi connectivity index (χ4n) is 4.83. The van der Waals surface area contributed by atoms with E-state index >= 15 is 0 Å². The van der Waals surface area contributed by atoms with Crippen LogP contribution in [0.15, 0.2) is 30.5 Å². The minimum Gasteiger partial charge on any atom is -0.466 e. The number of carbonyl (C=O) groups is 2. The number of hydrogen-bond acceptors (Lipinski definition) is 8. The van der Waals surface area contributed by atoms with Gasteiger partial charge in [0.05, 0.1) is 24.1 Å². The molecule has 184 valence electrons. The lowest BCUT2D eigenvalue weighted by Gasteiger charge is -2.31. The van der Waals surface area contributed by atoms with E-state index in [1.165, 1.54) is 0 Å². The average molecular weight is 478 g/mol. The molecule has 10 nitrogen and oxygen atoms in total. The van der Waals surface area contributed by atoms with Gasteiger partial charge in [-0.05, 0) is 50.8 Å². The highest BCUT2D eigenvalue weighted by Crippen LogP contribution is 2.28. The lowest BCUT2D eigenvalue weighted by atomic mass is 9.97. The van der Waals surface area contributed by atoms with E-state index in [0.717, 1.165) is 55.5 Å². The molecule has 10 heteroatoms. The van der Waals surface area contributed by atoms with Crippen molar-refractivity contribution in [1.82, 2.24) is 24.6 Å². The molecule has 3 aromatic rings. The maximum absolute atomic E-state index is 13.3. The molecule has 2 aliphatic rings. The van der Waals surface area contributed by atoms with Gasteiger partial charge in [-0.15, -0.1) is 0 Å². The van der Waals surface area contributed by atoms with Crippen LogP contribution in [0.3, 0.4) is 0 Å². The molecule has 1 N–H and O–H groups in total. The van der Waals surface area contributed by atoms with Crippen LogP contribution < -0.4 is 10.2 Å². The molecule has 2 aromatic heterocycles. The molecular formula is C25H31N7O3. The molecule has 0 bridgehead atoms. The molecule has 0 aliphatic carbocycles. The number of rotatable bonds is 6. The number of ether oxygens (including phenoxy) is 1. The Kier molecular flexibility index (Phi) is 6.52. The van der Waals surface area contributed by atoms with Gasteiger partial charge in [-0.25, -0.2) is 0 Å². The Morgan fingerprint density at radius 1 is 1.14 bits per heavy atom. The van der Waals surface area contributed by atoms with Gasteiger partial charge in [-0.1, -0.05) is 6.07 Å². The Hall–Kier alpha value is -3.69. The van der Waals surface area contributed by atoms with Crippen LogP contribution >= 0.6 is 0 Å². The fourth-order valence-corrected chi connectivity index (χ4v) is 4.83. The zero-order valence-electron chi connectivity index (χ0n) is 20.2. The van der Waals surface area contributed by atoms with Crippen molar-refractivity contribution in [1.29, 1.82) is 0 Å². The van der Waals surface area contributed by atoms with E-state index in [1.807, 2.05) is 25.2 Å². The summed E-state index contributed by atoms with van der Waals surface area (Å²) in [6, 6.07) is 7.40. The number of nitrogens with one attached hydrogen (secondary N) is 1. The van der Waals surface area contributed by atoms with Crippen LogP contribution in [-0.4, -0.2) is 69.3 Å². The van der Waals surface area contributed by atoms with Crippen LogP contribution in [0.25, 0.3) is 11.0 Å². The normalized spacial score (nSPS) is 18.2. The van der Waals surface area contributed by atoms with Crippen molar-refractivity contribution in [3.63, 3.8) is 0 Å². The largest absolute Gasteiger partial charge is 0.466 e. The monoisotopic (exact) mass is 477 g/mol. The Morgan fingerprint density at radius 3 is 2.77 bits per heavy atom. The molecule has 2 fully saturated rings. The summed E-state index contributed by atoms with van der Waals surface area (Å²) in [6.07, 6.45) is 5.55. The molecule has 1 amide bonds. The van der Waals surface area contributed by atoms with Gasteiger partial charge in [0.25, 0.3) is 5.91 Å². The Morgan fingerprint density at radius 2 is 1.97 bits per heavy atom. The van der Waals surface area contributed by atoms with E-state index in [2.05, 4.69) is 15.3 Å². The summed E-state index contributed by atoms with van der Waals surface area (Å²) in [4.78, 5) is 39.0. The van der Waals surface area contributed by atoms with Gasteiger partial charge in [0, 0.05) is 44.5 Å². The molecule has 5 rings (SSSR count). The van der Waals surface area contributed by atoms with E-state index in [-0.39, 0.29) is 17.8 Å². The first-order valence-electron chi connectivity index (χ1n) is 12.3. The van der Waals surface area contributed by atoms with Crippen molar-refractivity contribution in [2.45, 2.75) is 32.6 Å². The van der Waals surface area contributed by atoms with E-state index in [0.29, 0.717) is 37.0 Å². The summed E-state index contributed by atoms with van der Waals surface area (Å²) >= 11 is 0. The maximum Gasteiger partial charge on any atom is 0.310 e. The zero-order valence-corrected chi connectivity index (χ0v) is 20.2. The highest BCUT2D eigenvalue weighted by molar-refractivity contribution is 5.96. The molecule has 1 atom stereocenters. The number of benzene rings is 1.